The lowest BCUT2D eigenvalue weighted by atomic mass is 10.1. The van der Waals surface area contributed by atoms with E-state index in [0.717, 1.165) is 29.5 Å². The zero-order valence-corrected chi connectivity index (χ0v) is 22.3. The average Bonchev–Trinajstić information content (AvgIpc) is 3.81. The van der Waals surface area contributed by atoms with Crippen molar-refractivity contribution in [2.45, 2.75) is 45.3 Å². The number of nitrogens with zero attached hydrogens (tertiary/aromatic N) is 6. The van der Waals surface area contributed by atoms with Gasteiger partial charge < -0.3 is 9.47 Å². The first-order valence-electron chi connectivity index (χ1n) is 13.1. The summed E-state index contributed by atoms with van der Waals surface area (Å²) < 4.78 is 26.9. The molecule has 6 rings (SSSR count). The highest BCUT2D eigenvalue weighted by atomic mass is 19.1. The van der Waals surface area contributed by atoms with Gasteiger partial charge in [0.15, 0.2) is 5.82 Å². The molecule has 10 heteroatoms. The van der Waals surface area contributed by atoms with E-state index in [2.05, 4.69) is 19.9 Å². The fourth-order valence-electron chi connectivity index (χ4n) is 4.69. The third-order valence-electron chi connectivity index (χ3n) is 6.70. The summed E-state index contributed by atoms with van der Waals surface area (Å²) in [5.41, 5.74) is 3.80. The van der Waals surface area contributed by atoms with Crippen LogP contribution >= 0.6 is 0 Å². The van der Waals surface area contributed by atoms with Crippen molar-refractivity contribution >= 4 is 11.0 Å². The summed E-state index contributed by atoms with van der Waals surface area (Å²) in [6.45, 7) is 4.08. The Hall–Kier alpha value is -4.73. The molecule has 0 unspecified atom stereocenters. The number of fused-ring (bicyclic) bond motifs is 1. The van der Waals surface area contributed by atoms with Gasteiger partial charge in [0.25, 0.3) is 5.56 Å². The molecule has 202 valence electrons. The lowest BCUT2D eigenvalue weighted by molar-refractivity contribution is 0.242. The van der Waals surface area contributed by atoms with Gasteiger partial charge in [-0.1, -0.05) is 24.3 Å². The Bertz CT molecular complexity index is 1770. The minimum atomic E-state index is -0.585. The topological polar surface area (TPSA) is 105 Å². The van der Waals surface area contributed by atoms with E-state index in [0.29, 0.717) is 45.8 Å². The third-order valence-corrected chi connectivity index (χ3v) is 6.70. The minimum Gasteiger partial charge on any atom is -0.489 e. The normalized spacial score (nSPS) is 13.1. The number of hydrogen-bond acceptors (Lipinski definition) is 8. The average molecular weight is 539 g/mol. The Morgan fingerprint density at radius 2 is 1.80 bits per heavy atom. The van der Waals surface area contributed by atoms with Gasteiger partial charge in [-0.3, -0.25) is 9.36 Å². The van der Waals surface area contributed by atoms with Crippen LogP contribution in [0.1, 0.15) is 43.9 Å². The number of halogens is 1. The second kappa shape index (κ2) is 10.4. The van der Waals surface area contributed by atoms with Crippen LogP contribution < -0.4 is 15.0 Å². The van der Waals surface area contributed by atoms with Crippen LogP contribution in [0, 0.1) is 5.95 Å². The summed E-state index contributed by atoms with van der Waals surface area (Å²) in [6, 6.07) is 13.5. The molecule has 0 spiro atoms. The largest absolute Gasteiger partial charge is 0.489 e. The van der Waals surface area contributed by atoms with E-state index in [1.54, 1.807) is 30.0 Å². The molecule has 0 aliphatic heterocycles. The second-order valence-corrected chi connectivity index (χ2v) is 9.99. The van der Waals surface area contributed by atoms with Gasteiger partial charge in [-0.15, -0.1) is 0 Å². The monoisotopic (exact) mass is 538 g/mol. The fraction of sp³-hybridized carbons (Fsp3) is 0.267. The van der Waals surface area contributed by atoms with Gasteiger partial charge in [0.2, 0.25) is 11.8 Å². The van der Waals surface area contributed by atoms with Gasteiger partial charge in [-0.2, -0.15) is 4.39 Å². The van der Waals surface area contributed by atoms with Crippen molar-refractivity contribution < 1.29 is 13.9 Å². The quantitative estimate of drug-likeness (QED) is 0.249. The standard InChI is InChI=1S/C30H27FN6O3/c1-17(2)40-22-11-12-23(31)35-26(22)19-6-4-18(5-7-19)15-37-24(38)13-10-21-14-32-28(36-29(21)37)25-27(20-8-9-20)33-16-34-30(25)39-3/h4-7,10-14,16-17,20H,8-9,15H2,1-3H3. The summed E-state index contributed by atoms with van der Waals surface area (Å²) in [4.78, 5) is 35.3. The van der Waals surface area contributed by atoms with E-state index < -0.39 is 5.95 Å². The minimum absolute atomic E-state index is 0.0850. The second-order valence-electron chi connectivity index (χ2n) is 9.99. The maximum absolute atomic E-state index is 14.0. The summed E-state index contributed by atoms with van der Waals surface area (Å²) in [6.07, 6.45) is 5.19. The Labute approximate surface area is 229 Å². The van der Waals surface area contributed by atoms with E-state index in [1.807, 2.05) is 38.1 Å². The highest BCUT2D eigenvalue weighted by Gasteiger charge is 2.31. The predicted molar refractivity (Wildman–Crippen MR) is 148 cm³/mol. The predicted octanol–water partition coefficient (Wildman–Crippen LogP) is 5.17. The van der Waals surface area contributed by atoms with E-state index in [-0.39, 0.29) is 18.2 Å². The van der Waals surface area contributed by atoms with Crippen LogP contribution in [0.4, 0.5) is 4.39 Å². The fourth-order valence-corrected chi connectivity index (χ4v) is 4.69. The molecule has 4 aromatic heterocycles. The first-order chi connectivity index (χ1) is 19.4. The van der Waals surface area contributed by atoms with Crippen LogP contribution in [0.15, 0.2) is 65.8 Å². The highest BCUT2D eigenvalue weighted by Crippen LogP contribution is 2.44. The molecule has 0 amide bonds. The van der Waals surface area contributed by atoms with Crippen molar-refractivity contribution in [1.82, 2.24) is 29.5 Å². The molecule has 5 aromatic rings. The van der Waals surface area contributed by atoms with Crippen molar-refractivity contribution in [2.75, 3.05) is 7.11 Å². The Morgan fingerprint density at radius 1 is 1.00 bits per heavy atom. The Balaban J connectivity index is 1.38. The molecule has 1 aliphatic rings. The molecule has 0 bridgehead atoms. The van der Waals surface area contributed by atoms with Crippen molar-refractivity contribution in [3.8, 4) is 34.3 Å². The first kappa shape index (κ1) is 25.5. The molecule has 0 atom stereocenters. The Morgan fingerprint density at radius 3 is 2.52 bits per heavy atom. The molecular weight excluding hydrogens is 511 g/mol. The van der Waals surface area contributed by atoms with Crippen LogP contribution in [0.2, 0.25) is 0 Å². The number of ether oxygens (including phenoxy) is 2. The maximum Gasteiger partial charge on any atom is 0.252 e. The van der Waals surface area contributed by atoms with Crippen LogP contribution in [0.3, 0.4) is 0 Å². The number of aromatic nitrogens is 6. The molecule has 9 nitrogen and oxygen atoms in total. The summed E-state index contributed by atoms with van der Waals surface area (Å²) in [7, 11) is 1.56. The summed E-state index contributed by atoms with van der Waals surface area (Å²) in [5.74, 6) is 1.06. The molecule has 1 aromatic carbocycles. The van der Waals surface area contributed by atoms with Crippen molar-refractivity contribution in [2.24, 2.45) is 0 Å². The molecular formula is C30H27FN6O3. The zero-order valence-electron chi connectivity index (χ0n) is 22.3. The van der Waals surface area contributed by atoms with Gasteiger partial charge in [-0.25, -0.2) is 24.9 Å². The highest BCUT2D eigenvalue weighted by molar-refractivity contribution is 5.78. The molecule has 0 saturated heterocycles. The third kappa shape index (κ3) is 5.00. The number of methoxy groups -OCH3 is 1. The van der Waals surface area contributed by atoms with E-state index in [1.165, 1.54) is 18.5 Å². The van der Waals surface area contributed by atoms with E-state index >= 15 is 0 Å². The zero-order chi connectivity index (χ0) is 27.8. The first-order valence-corrected chi connectivity index (χ1v) is 13.1. The molecule has 0 radical (unpaired) electrons. The van der Waals surface area contributed by atoms with Gasteiger partial charge in [-0.05, 0) is 50.5 Å². The molecule has 1 aliphatic carbocycles. The van der Waals surface area contributed by atoms with E-state index in [9.17, 15) is 9.18 Å². The molecule has 1 saturated carbocycles. The number of rotatable bonds is 8. The molecule has 1 fully saturated rings. The number of benzene rings is 1. The molecule has 0 N–H and O–H groups in total. The lowest BCUT2D eigenvalue weighted by Crippen LogP contribution is -2.21. The maximum atomic E-state index is 14.0. The van der Waals surface area contributed by atoms with Crippen LogP contribution in [-0.2, 0) is 6.54 Å². The van der Waals surface area contributed by atoms with Crippen LogP contribution in [0.25, 0.3) is 33.7 Å². The number of pyridine rings is 2. The molecule has 4 heterocycles. The van der Waals surface area contributed by atoms with Gasteiger partial charge >= 0.3 is 0 Å². The van der Waals surface area contributed by atoms with Crippen molar-refractivity contribution in [3.05, 3.63) is 88.6 Å². The number of hydrogen-bond donors (Lipinski definition) is 0. The van der Waals surface area contributed by atoms with Crippen LogP contribution in [0.5, 0.6) is 11.6 Å². The van der Waals surface area contributed by atoms with Gasteiger partial charge in [0.05, 0.1) is 25.5 Å². The lowest BCUT2D eigenvalue weighted by Gasteiger charge is -2.15. The molecule has 40 heavy (non-hydrogen) atoms. The SMILES string of the molecule is COc1ncnc(C2CC2)c1-c1ncc2ccc(=O)n(Cc3ccc(-c4nc(F)ccc4OC(C)C)cc3)c2n1. The van der Waals surface area contributed by atoms with Gasteiger partial charge in [0, 0.05) is 29.1 Å². The van der Waals surface area contributed by atoms with Crippen molar-refractivity contribution in [3.63, 3.8) is 0 Å². The summed E-state index contributed by atoms with van der Waals surface area (Å²) in [5, 5.41) is 0.725. The van der Waals surface area contributed by atoms with E-state index in [4.69, 9.17) is 14.5 Å². The smallest absolute Gasteiger partial charge is 0.252 e. The van der Waals surface area contributed by atoms with Gasteiger partial charge in [0.1, 0.15) is 29.0 Å². The van der Waals surface area contributed by atoms with Crippen LogP contribution in [-0.4, -0.2) is 42.7 Å². The Kier molecular flexibility index (Phi) is 6.67. The summed E-state index contributed by atoms with van der Waals surface area (Å²) >= 11 is 0. The van der Waals surface area contributed by atoms with Crippen molar-refractivity contribution in [1.29, 1.82) is 0 Å².